The van der Waals surface area contributed by atoms with Crippen molar-refractivity contribution in [1.82, 2.24) is 10.1 Å². The molecule has 1 unspecified atom stereocenters. The fraction of sp³-hybridized carbons (Fsp3) is 0.500. The molecule has 0 spiro atoms. The lowest BCUT2D eigenvalue weighted by atomic mass is 10.0. The molecule has 1 atom stereocenters. The van der Waals surface area contributed by atoms with Gasteiger partial charge in [-0.25, -0.2) is 0 Å². The molecule has 0 saturated carbocycles. The summed E-state index contributed by atoms with van der Waals surface area (Å²) in [4.78, 5) is 2.13. The average Bonchev–Trinajstić information content (AvgIpc) is 2.38. The Bertz CT molecular complexity index is 366. The maximum atomic E-state index is 10.9. The van der Waals surface area contributed by atoms with E-state index in [2.05, 4.69) is 4.90 Å². The van der Waals surface area contributed by atoms with Gasteiger partial charge in [-0.3, -0.25) is 10.1 Å². The summed E-state index contributed by atoms with van der Waals surface area (Å²) in [7, 11) is 0. The van der Waals surface area contributed by atoms with Gasteiger partial charge < -0.3 is 15.2 Å². The number of hydrogen-bond acceptors (Lipinski definition) is 5. The van der Waals surface area contributed by atoms with Crippen molar-refractivity contribution in [2.75, 3.05) is 32.8 Å². The summed E-state index contributed by atoms with van der Waals surface area (Å²) in [5, 5.41) is 20.5. The first-order valence-electron chi connectivity index (χ1n) is 5.87. The Kier molecular flexibility index (Phi) is 4.94. The minimum absolute atomic E-state index is 0.0155. The smallest absolute Gasteiger partial charge is 0.0594 e. The summed E-state index contributed by atoms with van der Waals surface area (Å²) < 4.78 is 5.29. The minimum atomic E-state index is -0.145. The second-order valence-electron chi connectivity index (χ2n) is 4.25. The molecular weight excluding hydrogens is 256 g/mol. The maximum absolute atomic E-state index is 10.9. The van der Waals surface area contributed by atoms with Crippen LogP contribution in [0.25, 0.3) is 0 Å². The van der Waals surface area contributed by atoms with E-state index in [-0.39, 0.29) is 17.8 Å². The van der Waals surface area contributed by atoms with E-state index < -0.39 is 0 Å². The van der Waals surface area contributed by atoms with Crippen molar-refractivity contribution in [3.05, 3.63) is 40.1 Å². The molecule has 0 aliphatic carbocycles. The number of morpholine rings is 1. The molecule has 1 saturated heterocycles. The van der Waals surface area contributed by atoms with Crippen LogP contribution in [0.1, 0.15) is 11.6 Å². The molecule has 1 aromatic rings. The van der Waals surface area contributed by atoms with E-state index in [1.165, 1.54) is 0 Å². The van der Waals surface area contributed by atoms with E-state index in [1.54, 1.807) is 12.1 Å². The predicted octanol–water partition coefficient (Wildman–Crippen LogP) is 1.90. The highest BCUT2D eigenvalue weighted by Crippen LogP contribution is 2.24. The Labute approximate surface area is 111 Å². The molecule has 5 nitrogen and oxygen atoms in total. The van der Waals surface area contributed by atoms with Crippen LogP contribution < -0.4 is 0 Å². The number of benzene rings is 1. The lowest BCUT2D eigenvalue weighted by molar-refractivity contribution is -0.0715. The van der Waals surface area contributed by atoms with Gasteiger partial charge in [0.15, 0.2) is 0 Å². The van der Waals surface area contributed by atoms with Gasteiger partial charge in [0, 0.05) is 30.7 Å². The number of ether oxygens (including phenoxy) is 1. The average molecular weight is 272 g/mol. The number of hydrogen-bond donors (Lipinski definition) is 1. The van der Waals surface area contributed by atoms with Crippen LogP contribution >= 0.6 is 11.6 Å². The molecular formula is C12H16ClN2O3-. The van der Waals surface area contributed by atoms with E-state index >= 15 is 0 Å². The lowest BCUT2D eigenvalue weighted by Crippen LogP contribution is -2.42. The SMILES string of the molecule is [O-]N(O)CC(c1ccc(Cl)cc1)N1CCOCC1. The van der Waals surface area contributed by atoms with Crippen molar-refractivity contribution in [3.63, 3.8) is 0 Å². The summed E-state index contributed by atoms with van der Waals surface area (Å²) in [6.45, 7) is 2.81. The van der Waals surface area contributed by atoms with Gasteiger partial charge in [0.2, 0.25) is 0 Å². The molecule has 1 aliphatic rings. The van der Waals surface area contributed by atoms with E-state index in [4.69, 9.17) is 21.5 Å². The third-order valence-electron chi connectivity index (χ3n) is 3.07. The zero-order chi connectivity index (χ0) is 13.0. The molecule has 1 N–H and O–H groups in total. The molecule has 6 heteroatoms. The van der Waals surface area contributed by atoms with Gasteiger partial charge in [0.25, 0.3) is 0 Å². The van der Waals surface area contributed by atoms with Crippen molar-refractivity contribution in [2.24, 2.45) is 0 Å². The van der Waals surface area contributed by atoms with Crippen molar-refractivity contribution >= 4 is 11.6 Å². The third kappa shape index (κ3) is 3.65. The van der Waals surface area contributed by atoms with Crippen molar-refractivity contribution in [1.29, 1.82) is 0 Å². The molecule has 0 amide bonds. The molecule has 1 aliphatic heterocycles. The molecule has 2 rings (SSSR count). The summed E-state index contributed by atoms with van der Waals surface area (Å²) in [5.41, 5.74) is 0.969. The maximum Gasteiger partial charge on any atom is 0.0594 e. The van der Waals surface area contributed by atoms with Crippen LogP contribution in [-0.2, 0) is 4.74 Å². The Morgan fingerprint density at radius 2 is 1.94 bits per heavy atom. The molecule has 1 heterocycles. The molecule has 1 fully saturated rings. The lowest BCUT2D eigenvalue weighted by Gasteiger charge is -2.37. The third-order valence-corrected chi connectivity index (χ3v) is 3.32. The van der Waals surface area contributed by atoms with Gasteiger partial charge in [-0.1, -0.05) is 23.7 Å². The van der Waals surface area contributed by atoms with E-state index in [0.29, 0.717) is 18.2 Å². The van der Waals surface area contributed by atoms with Gasteiger partial charge in [0.05, 0.1) is 13.2 Å². The van der Waals surface area contributed by atoms with E-state index in [0.717, 1.165) is 18.7 Å². The Morgan fingerprint density at radius 1 is 1.33 bits per heavy atom. The van der Waals surface area contributed by atoms with Crippen LogP contribution in [0.2, 0.25) is 5.02 Å². The zero-order valence-electron chi connectivity index (χ0n) is 9.96. The van der Waals surface area contributed by atoms with Crippen molar-refractivity contribution < 1.29 is 9.94 Å². The fourth-order valence-electron chi connectivity index (χ4n) is 2.15. The minimum Gasteiger partial charge on any atom is -0.762 e. The number of halogens is 1. The Balaban J connectivity index is 2.15. The molecule has 0 radical (unpaired) electrons. The topological polar surface area (TPSA) is 59.0 Å². The van der Waals surface area contributed by atoms with Crippen LogP contribution in [0.15, 0.2) is 24.3 Å². The summed E-state index contributed by atoms with van der Waals surface area (Å²) in [6.07, 6.45) is 0. The van der Waals surface area contributed by atoms with Crippen LogP contribution in [0, 0.1) is 5.21 Å². The monoisotopic (exact) mass is 271 g/mol. The first-order valence-corrected chi connectivity index (χ1v) is 6.25. The molecule has 0 aromatic heterocycles. The Hall–Kier alpha value is -0.690. The number of nitrogens with zero attached hydrogens (tertiary/aromatic N) is 2. The largest absolute Gasteiger partial charge is 0.762 e. The summed E-state index contributed by atoms with van der Waals surface area (Å²) in [6, 6.07) is 7.19. The van der Waals surface area contributed by atoms with Crippen molar-refractivity contribution in [2.45, 2.75) is 6.04 Å². The number of rotatable bonds is 4. The standard InChI is InChI=1S/C12H16ClN2O3/c13-11-3-1-10(2-4-11)12(9-15(16)17)14-5-7-18-8-6-14/h1-4,12,16H,5-9H2/q-1. The van der Waals surface area contributed by atoms with Crippen LogP contribution in [-0.4, -0.2) is 48.2 Å². The van der Waals surface area contributed by atoms with Crippen molar-refractivity contribution in [3.8, 4) is 0 Å². The second kappa shape index (κ2) is 6.47. The highest BCUT2D eigenvalue weighted by atomic mass is 35.5. The predicted molar refractivity (Wildman–Crippen MR) is 68.4 cm³/mol. The Morgan fingerprint density at radius 3 is 2.50 bits per heavy atom. The molecule has 0 bridgehead atoms. The highest BCUT2D eigenvalue weighted by Gasteiger charge is 2.22. The van der Waals surface area contributed by atoms with E-state index in [1.807, 2.05) is 12.1 Å². The molecule has 100 valence electrons. The fourth-order valence-corrected chi connectivity index (χ4v) is 2.28. The van der Waals surface area contributed by atoms with Crippen LogP contribution in [0.4, 0.5) is 0 Å². The summed E-state index contributed by atoms with van der Waals surface area (Å²) in [5.74, 6) is 0. The quantitative estimate of drug-likeness (QED) is 0.848. The normalized spacial score (nSPS) is 19.1. The highest BCUT2D eigenvalue weighted by molar-refractivity contribution is 6.30. The van der Waals surface area contributed by atoms with Gasteiger partial charge in [-0.15, -0.1) is 0 Å². The van der Waals surface area contributed by atoms with E-state index in [9.17, 15) is 5.21 Å². The number of hydroxylamine groups is 2. The van der Waals surface area contributed by atoms with Gasteiger partial charge in [-0.05, 0) is 17.7 Å². The zero-order valence-corrected chi connectivity index (χ0v) is 10.7. The molecule has 18 heavy (non-hydrogen) atoms. The van der Waals surface area contributed by atoms with Crippen LogP contribution in [0.5, 0.6) is 0 Å². The first kappa shape index (κ1) is 13.7. The summed E-state index contributed by atoms with van der Waals surface area (Å²) >= 11 is 5.85. The van der Waals surface area contributed by atoms with Gasteiger partial charge in [0.1, 0.15) is 0 Å². The van der Waals surface area contributed by atoms with Gasteiger partial charge in [-0.2, -0.15) is 0 Å². The van der Waals surface area contributed by atoms with Gasteiger partial charge >= 0.3 is 0 Å². The first-order chi connectivity index (χ1) is 8.66. The second-order valence-corrected chi connectivity index (χ2v) is 4.69. The van der Waals surface area contributed by atoms with Crippen LogP contribution in [0.3, 0.4) is 0 Å². The molecule has 1 aromatic carbocycles.